The summed E-state index contributed by atoms with van der Waals surface area (Å²) in [5, 5.41) is 17.2. The molecule has 138 valence electrons. The van der Waals surface area contributed by atoms with Crippen molar-refractivity contribution in [2.45, 2.75) is 51.1 Å². The maximum atomic E-state index is 11.5. The summed E-state index contributed by atoms with van der Waals surface area (Å²) in [6.45, 7) is 7.78. The molecule has 1 saturated heterocycles. The van der Waals surface area contributed by atoms with Gasteiger partial charge in [0.05, 0.1) is 29.5 Å². The fraction of sp³-hybridized carbons (Fsp3) is 0.444. The number of halogens is 1. The van der Waals surface area contributed by atoms with E-state index in [1.54, 1.807) is 18.3 Å². The molecule has 1 aliphatic rings. The number of nitrogens with one attached hydrogen (secondary N) is 1. The lowest BCUT2D eigenvalue weighted by atomic mass is 9.66. The van der Waals surface area contributed by atoms with E-state index in [9.17, 15) is 9.90 Å². The summed E-state index contributed by atoms with van der Waals surface area (Å²) in [5.41, 5.74) is 1.27. The Balaban J connectivity index is 1.99. The molecule has 3 rings (SSSR count). The van der Waals surface area contributed by atoms with Crippen molar-refractivity contribution in [2.24, 2.45) is 0 Å². The molecule has 1 aliphatic heterocycles. The molecule has 6 nitrogen and oxygen atoms in total. The van der Waals surface area contributed by atoms with Gasteiger partial charge in [0, 0.05) is 10.8 Å². The van der Waals surface area contributed by atoms with Crippen molar-refractivity contribution < 1.29 is 19.2 Å². The molecule has 1 aromatic heterocycles. The highest BCUT2D eigenvalue weighted by atomic mass is 35.5. The van der Waals surface area contributed by atoms with Crippen LogP contribution in [0.3, 0.4) is 0 Å². The van der Waals surface area contributed by atoms with Crippen LogP contribution in [0.2, 0.25) is 5.02 Å². The van der Waals surface area contributed by atoms with Gasteiger partial charge in [-0.25, -0.2) is 0 Å². The Bertz CT molecular complexity index is 788. The Morgan fingerprint density at radius 3 is 2.35 bits per heavy atom. The van der Waals surface area contributed by atoms with Gasteiger partial charge in [-0.2, -0.15) is 5.10 Å². The van der Waals surface area contributed by atoms with E-state index in [0.29, 0.717) is 5.02 Å². The number of nitrogens with zero attached hydrogens (tertiary/aromatic N) is 1. The first-order valence-corrected chi connectivity index (χ1v) is 8.85. The van der Waals surface area contributed by atoms with Crippen LogP contribution in [0.5, 0.6) is 0 Å². The van der Waals surface area contributed by atoms with E-state index in [2.05, 4.69) is 10.2 Å². The zero-order valence-electron chi connectivity index (χ0n) is 15.2. The first-order chi connectivity index (χ1) is 12.1. The Labute approximate surface area is 158 Å². The molecule has 2 aromatic rings. The number of rotatable bonds is 5. The fourth-order valence-corrected chi connectivity index (χ4v) is 3.14. The van der Waals surface area contributed by atoms with Crippen molar-refractivity contribution in [3.05, 3.63) is 41.0 Å². The summed E-state index contributed by atoms with van der Waals surface area (Å²) < 4.78 is 12.2. The number of hydrogen-bond donors (Lipinski definition) is 2. The van der Waals surface area contributed by atoms with Gasteiger partial charge < -0.3 is 14.4 Å². The van der Waals surface area contributed by atoms with Gasteiger partial charge in [0.2, 0.25) is 0 Å². The van der Waals surface area contributed by atoms with Crippen LogP contribution in [0.15, 0.2) is 30.5 Å². The summed E-state index contributed by atoms with van der Waals surface area (Å²) in [5.74, 6) is -1.43. The summed E-state index contributed by atoms with van der Waals surface area (Å²) >= 11 is 5.97. The number of carboxylic acids is 1. The lowest BCUT2D eigenvalue weighted by Gasteiger charge is -2.32. The number of aromatic nitrogens is 2. The van der Waals surface area contributed by atoms with Crippen molar-refractivity contribution in [3.8, 4) is 11.3 Å². The van der Waals surface area contributed by atoms with Gasteiger partial charge in [-0.3, -0.25) is 9.89 Å². The van der Waals surface area contributed by atoms with E-state index in [4.69, 9.17) is 20.9 Å². The fourth-order valence-electron chi connectivity index (χ4n) is 3.02. The minimum Gasteiger partial charge on any atom is -0.481 e. The first-order valence-electron chi connectivity index (χ1n) is 8.47. The Hall–Kier alpha value is -1.83. The largest absolute Gasteiger partial charge is 0.481 e. The van der Waals surface area contributed by atoms with Gasteiger partial charge in [-0.1, -0.05) is 23.7 Å². The third-order valence-electron chi connectivity index (χ3n) is 5.20. The highest BCUT2D eigenvalue weighted by Gasteiger charge is 2.54. The molecule has 8 heteroatoms. The topological polar surface area (TPSA) is 84.4 Å². The van der Waals surface area contributed by atoms with Crippen LogP contribution in [0.1, 0.15) is 45.5 Å². The highest BCUT2D eigenvalue weighted by Crippen LogP contribution is 2.43. The molecule has 1 unspecified atom stereocenters. The molecule has 0 spiro atoms. The minimum absolute atomic E-state index is 0.128. The molecule has 1 atom stereocenters. The molecule has 1 fully saturated rings. The normalized spacial score (nSPS) is 19.5. The molecular weight excluding hydrogens is 354 g/mol. The first kappa shape index (κ1) is 19.0. The number of benzene rings is 1. The average Bonchev–Trinajstić information content (AvgIpc) is 3.08. The predicted octanol–water partition coefficient (Wildman–Crippen LogP) is 3.92. The average molecular weight is 377 g/mol. The van der Waals surface area contributed by atoms with Crippen molar-refractivity contribution in [2.75, 3.05) is 0 Å². The smallest absolute Gasteiger partial charge is 0.466 e. The SMILES string of the molecule is CC1(C)OB(C(CC(=O)O)c2cn[nH]c2-c2ccc(Cl)cc2)OC1(C)C. The zero-order chi connectivity index (χ0) is 19.1. The Morgan fingerprint density at radius 1 is 1.23 bits per heavy atom. The second-order valence-corrected chi connectivity index (χ2v) is 7.97. The maximum absolute atomic E-state index is 11.5. The quantitative estimate of drug-likeness (QED) is 0.773. The second-order valence-electron chi connectivity index (χ2n) is 7.54. The van der Waals surface area contributed by atoms with Gasteiger partial charge in [-0.15, -0.1) is 0 Å². The number of aliphatic carboxylic acids is 1. The van der Waals surface area contributed by atoms with Gasteiger partial charge in [-0.05, 0) is 51.0 Å². The molecule has 0 radical (unpaired) electrons. The van der Waals surface area contributed by atoms with Gasteiger partial charge in [0.15, 0.2) is 0 Å². The molecule has 26 heavy (non-hydrogen) atoms. The number of H-pyrrole nitrogens is 1. The van der Waals surface area contributed by atoms with Crippen LogP contribution in [0.4, 0.5) is 0 Å². The highest BCUT2D eigenvalue weighted by molar-refractivity contribution is 6.48. The van der Waals surface area contributed by atoms with Crippen molar-refractivity contribution in [3.63, 3.8) is 0 Å². The van der Waals surface area contributed by atoms with E-state index in [0.717, 1.165) is 16.8 Å². The Kier molecular flexibility index (Phi) is 4.90. The number of hydrogen-bond acceptors (Lipinski definition) is 4. The third-order valence-corrected chi connectivity index (χ3v) is 5.45. The maximum Gasteiger partial charge on any atom is 0.466 e. The summed E-state index contributed by atoms with van der Waals surface area (Å²) in [7, 11) is -0.681. The van der Waals surface area contributed by atoms with Crippen molar-refractivity contribution >= 4 is 24.7 Å². The van der Waals surface area contributed by atoms with E-state index >= 15 is 0 Å². The number of aromatic amines is 1. The van der Waals surface area contributed by atoms with E-state index < -0.39 is 30.1 Å². The van der Waals surface area contributed by atoms with Crippen molar-refractivity contribution in [1.29, 1.82) is 0 Å². The number of carboxylic acid groups (broad SMARTS) is 1. The minimum atomic E-state index is -0.923. The van der Waals surface area contributed by atoms with Crippen LogP contribution >= 0.6 is 11.6 Å². The van der Waals surface area contributed by atoms with E-state index in [-0.39, 0.29) is 6.42 Å². The second kappa shape index (κ2) is 6.72. The lowest BCUT2D eigenvalue weighted by Crippen LogP contribution is -2.41. The van der Waals surface area contributed by atoms with Crippen LogP contribution in [-0.2, 0) is 14.1 Å². The molecular formula is C18H22BClN2O4. The third kappa shape index (κ3) is 3.52. The Morgan fingerprint density at radius 2 is 1.81 bits per heavy atom. The predicted molar refractivity (Wildman–Crippen MR) is 100 cm³/mol. The molecule has 0 saturated carbocycles. The molecule has 2 N–H and O–H groups in total. The van der Waals surface area contributed by atoms with Crippen LogP contribution in [0, 0.1) is 0 Å². The van der Waals surface area contributed by atoms with E-state index in [1.807, 2.05) is 39.8 Å². The van der Waals surface area contributed by atoms with Gasteiger partial charge in [0.1, 0.15) is 0 Å². The van der Waals surface area contributed by atoms with Crippen LogP contribution < -0.4 is 0 Å². The molecule has 0 aliphatic carbocycles. The van der Waals surface area contributed by atoms with E-state index in [1.165, 1.54) is 0 Å². The van der Waals surface area contributed by atoms with Crippen LogP contribution in [0.25, 0.3) is 11.3 Å². The molecule has 1 aromatic carbocycles. The lowest BCUT2D eigenvalue weighted by molar-refractivity contribution is -0.137. The monoisotopic (exact) mass is 376 g/mol. The molecule has 2 heterocycles. The summed E-state index contributed by atoms with van der Waals surface area (Å²) in [6, 6.07) is 7.29. The zero-order valence-corrected chi connectivity index (χ0v) is 16.0. The standard InChI is InChI=1S/C18H22BClN2O4/c1-17(2)18(3,4)26-19(25-17)14(9-15(23)24)13-10-21-22-16(13)11-5-7-12(20)8-6-11/h5-8,10,14H,9H2,1-4H3,(H,21,22)(H,23,24). The van der Waals surface area contributed by atoms with Crippen molar-refractivity contribution in [1.82, 2.24) is 10.2 Å². The molecule has 0 amide bonds. The van der Waals surface area contributed by atoms with Crippen LogP contribution in [-0.4, -0.2) is 39.6 Å². The van der Waals surface area contributed by atoms with Gasteiger partial charge in [0.25, 0.3) is 0 Å². The summed E-state index contributed by atoms with van der Waals surface area (Å²) in [6.07, 6.45) is 1.51. The van der Waals surface area contributed by atoms with Gasteiger partial charge >= 0.3 is 13.1 Å². The summed E-state index contributed by atoms with van der Waals surface area (Å²) in [4.78, 5) is 11.5. The molecule has 0 bridgehead atoms. The number of carbonyl (C=O) groups is 1.